The molecule has 1 fully saturated rings. The maximum atomic E-state index is 11.8. The topological polar surface area (TPSA) is 75.2 Å². The van der Waals surface area contributed by atoms with Gasteiger partial charge in [0.15, 0.2) is 5.96 Å². The highest BCUT2D eigenvalue weighted by Crippen LogP contribution is 2.24. The van der Waals surface area contributed by atoms with E-state index in [0.29, 0.717) is 23.8 Å². The Morgan fingerprint density at radius 1 is 1.16 bits per heavy atom. The van der Waals surface area contributed by atoms with Crippen molar-refractivity contribution in [2.75, 3.05) is 39.3 Å². The smallest absolute Gasteiger partial charge is 0.341 e. The van der Waals surface area contributed by atoms with Gasteiger partial charge in [-0.05, 0) is 55.2 Å². The van der Waals surface area contributed by atoms with Crippen molar-refractivity contribution >= 4 is 17.6 Å². The summed E-state index contributed by atoms with van der Waals surface area (Å²) in [5, 5.41) is 6.78. The summed E-state index contributed by atoms with van der Waals surface area (Å²) in [5.41, 5.74) is 3.87. The van der Waals surface area contributed by atoms with E-state index in [1.54, 1.807) is 13.1 Å². The zero-order valence-corrected chi connectivity index (χ0v) is 18.8. The Morgan fingerprint density at radius 2 is 1.94 bits per heavy atom. The Labute approximate surface area is 184 Å². The van der Waals surface area contributed by atoms with E-state index in [2.05, 4.69) is 51.7 Å². The fourth-order valence-electron chi connectivity index (χ4n) is 3.76. The zero-order valence-electron chi connectivity index (χ0n) is 18.8. The number of esters is 1. The zero-order chi connectivity index (χ0) is 22.2. The summed E-state index contributed by atoms with van der Waals surface area (Å²) in [5.74, 6) is 0.773. The normalized spacial score (nSPS) is 14.8. The summed E-state index contributed by atoms with van der Waals surface area (Å²) >= 11 is 0. The van der Waals surface area contributed by atoms with Gasteiger partial charge in [0.1, 0.15) is 11.3 Å². The first-order valence-corrected chi connectivity index (χ1v) is 10.6. The van der Waals surface area contributed by atoms with Crippen molar-refractivity contribution in [2.45, 2.75) is 32.4 Å². The van der Waals surface area contributed by atoms with E-state index in [4.69, 9.17) is 9.47 Å². The second-order valence-electron chi connectivity index (χ2n) is 7.61. The largest absolute Gasteiger partial charge is 0.496 e. The number of rotatable bonds is 7. The van der Waals surface area contributed by atoms with Gasteiger partial charge in [0.05, 0.1) is 20.3 Å². The average Bonchev–Trinajstić information content (AvgIpc) is 3.36. The molecule has 3 rings (SSSR count). The third-order valence-electron chi connectivity index (χ3n) is 5.55. The van der Waals surface area contributed by atoms with E-state index in [1.807, 2.05) is 12.1 Å². The molecular formula is C24H32N4O3. The van der Waals surface area contributed by atoms with E-state index < -0.39 is 5.97 Å². The number of carbonyl (C=O) groups excluding carboxylic acids is 1. The van der Waals surface area contributed by atoms with Gasteiger partial charge >= 0.3 is 5.97 Å². The molecule has 1 saturated heterocycles. The van der Waals surface area contributed by atoms with Crippen molar-refractivity contribution in [2.24, 2.45) is 4.99 Å². The van der Waals surface area contributed by atoms with Crippen LogP contribution in [0.15, 0.2) is 47.5 Å². The number of benzene rings is 2. The van der Waals surface area contributed by atoms with E-state index in [0.717, 1.165) is 18.7 Å². The molecule has 0 aliphatic carbocycles. The van der Waals surface area contributed by atoms with Crippen molar-refractivity contribution in [3.63, 3.8) is 0 Å². The van der Waals surface area contributed by atoms with Crippen LogP contribution >= 0.6 is 0 Å². The molecule has 1 heterocycles. The molecule has 0 amide bonds. The van der Waals surface area contributed by atoms with E-state index in [9.17, 15) is 4.79 Å². The molecule has 0 bridgehead atoms. The molecule has 0 spiro atoms. The minimum Gasteiger partial charge on any atom is -0.496 e. The lowest BCUT2D eigenvalue weighted by Crippen LogP contribution is -2.38. The number of ether oxygens (including phenoxy) is 2. The van der Waals surface area contributed by atoms with E-state index in [-0.39, 0.29) is 6.04 Å². The van der Waals surface area contributed by atoms with Crippen LogP contribution in [-0.2, 0) is 11.3 Å². The van der Waals surface area contributed by atoms with Crippen LogP contribution in [0.2, 0.25) is 0 Å². The number of anilines is 1. The van der Waals surface area contributed by atoms with Crippen molar-refractivity contribution in [3.05, 3.63) is 59.2 Å². The van der Waals surface area contributed by atoms with Crippen molar-refractivity contribution in [1.29, 1.82) is 0 Å². The molecule has 1 atom stereocenters. The van der Waals surface area contributed by atoms with Gasteiger partial charge in [-0.1, -0.05) is 18.2 Å². The second-order valence-corrected chi connectivity index (χ2v) is 7.61. The first-order valence-electron chi connectivity index (χ1n) is 10.6. The summed E-state index contributed by atoms with van der Waals surface area (Å²) in [7, 11) is 4.65. The predicted molar refractivity (Wildman–Crippen MR) is 124 cm³/mol. The molecule has 0 aromatic heterocycles. The van der Waals surface area contributed by atoms with Gasteiger partial charge in [-0.25, -0.2) is 4.79 Å². The molecule has 2 N–H and O–H groups in total. The Balaban J connectivity index is 1.62. The van der Waals surface area contributed by atoms with Gasteiger partial charge in [0.2, 0.25) is 0 Å². The van der Waals surface area contributed by atoms with Gasteiger partial charge in [-0.3, -0.25) is 4.99 Å². The standard InChI is InChI=1S/C24H32N4O3/c1-17(19-8-7-9-20(15-19)28-12-5-6-13-28)27-24(25-2)26-16-18-10-11-21(23(29)31-4)22(14-18)30-3/h7-11,14-15,17H,5-6,12-13,16H2,1-4H3,(H2,25,26,27). The molecule has 1 aliphatic heterocycles. The van der Waals surface area contributed by atoms with Crippen LogP contribution in [-0.4, -0.2) is 46.3 Å². The molecule has 31 heavy (non-hydrogen) atoms. The first-order chi connectivity index (χ1) is 15.0. The van der Waals surface area contributed by atoms with Crippen LogP contribution in [0.25, 0.3) is 0 Å². The quantitative estimate of drug-likeness (QED) is 0.403. The lowest BCUT2D eigenvalue weighted by atomic mass is 10.1. The van der Waals surface area contributed by atoms with Crippen molar-refractivity contribution < 1.29 is 14.3 Å². The molecule has 2 aromatic carbocycles. The third kappa shape index (κ3) is 5.69. The fraction of sp³-hybridized carbons (Fsp3) is 0.417. The van der Waals surface area contributed by atoms with Gasteiger partial charge in [-0.2, -0.15) is 0 Å². The van der Waals surface area contributed by atoms with Crippen molar-refractivity contribution in [3.8, 4) is 5.75 Å². The summed E-state index contributed by atoms with van der Waals surface area (Å²) in [6.45, 7) is 4.93. The molecule has 2 aromatic rings. The molecule has 1 aliphatic rings. The lowest BCUT2D eigenvalue weighted by Gasteiger charge is -2.22. The average molecular weight is 425 g/mol. The van der Waals surface area contributed by atoms with Crippen LogP contribution in [0.1, 0.15) is 47.3 Å². The van der Waals surface area contributed by atoms with Gasteiger partial charge < -0.3 is 25.0 Å². The molecule has 7 nitrogen and oxygen atoms in total. The number of hydrogen-bond donors (Lipinski definition) is 2. The first kappa shape index (κ1) is 22.5. The van der Waals surface area contributed by atoms with Crippen LogP contribution in [0.4, 0.5) is 5.69 Å². The van der Waals surface area contributed by atoms with E-state index >= 15 is 0 Å². The summed E-state index contributed by atoms with van der Waals surface area (Å²) in [6, 6.07) is 14.2. The number of nitrogens with one attached hydrogen (secondary N) is 2. The number of hydrogen-bond acceptors (Lipinski definition) is 5. The maximum Gasteiger partial charge on any atom is 0.341 e. The Kier molecular flexibility index (Phi) is 7.76. The van der Waals surface area contributed by atoms with Crippen LogP contribution in [0.3, 0.4) is 0 Å². The molecule has 7 heteroatoms. The molecular weight excluding hydrogens is 392 g/mol. The highest BCUT2D eigenvalue weighted by atomic mass is 16.5. The highest BCUT2D eigenvalue weighted by Gasteiger charge is 2.15. The van der Waals surface area contributed by atoms with Crippen LogP contribution < -0.4 is 20.3 Å². The second kappa shape index (κ2) is 10.7. The monoisotopic (exact) mass is 424 g/mol. The SMILES string of the molecule is CN=C(NCc1ccc(C(=O)OC)c(OC)c1)NC(C)c1cccc(N2CCCC2)c1. The Morgan fingerprint density at radius 3 is 2.61 bits per heavy atom. The molecule has 166 valence electrons. The van der Waals surface area contributed by atoms with Gasteiger partial charge in [0.25, 0.3) is 0 Å². The minimum atomic E-state index is -0.418. The number of aliphatic imine (C=N–C) groups is 1. The van der Waals surface area contributed by atoms with Crippen LogP contribution in [0.5, 0.6) is 5.75 Å². The number of guanidine groups is 1. The summed E-state index contributed by atoms with van der Waals surface area (Å²) < 4.78 is 10.1. The molecule has 1 unspecified atom stereocenters. The van der Waals surface area contributed by atoms with Crippen molar-refractivity contribution in [1.82, 2.24) is 10.6 Å². The van der Waals surface area contributed by atoms with E-state index in [1.165, 1.54) is 38.3 Å². The lowest BCUT2D eigenvalue weighted by molar-refractivity contribution is 0.0597. The third-order valence-corrected chi connectivity index (χ3v) is 5.55. The Bertz CT molecular complexity index is 923. The minimum absolute atomic E-state index is 0.102. The van der Waals surface area contributed by atoms with Gasteiger partial charge in [0, 0.05) is 32.4 Å². The number of carbonyl (C=O) groups is 1. The molecule has 0 saturated carbocycles. The predicted octanol–water partition coefficient (Wildman–Crippen LogP) is 3.51. The summed E-state index contributed by atoms with van der Waals surface area (Å²) in [6.07, 6.45) is 2.53. The number of methoxy groups -OCH3 is 2. The Hall–Kier alpha value is -3.22. The number of nitrogens with zero attached hydrogens (tertiary/aromatic N) is 2. The highest BCUT2D eigenvalue weighted by molar-refractivity contribution is 5.92. The summed E-state index contributed by atoms with van der Waals surface area (Å²) in [4.78, 5) is 18.6. The maximum absolute atomic E-state index is 11.8. The fourth-order valence-corrected chi connectivity index (χ4v) is 3.76. The molecule has 0 radical (unpaired) electrons. The van der Waals surface area contributed by atoms with Crippen LogP contribution in [0, 0.1) is 0 Å². The van der Waals surface area contributed by atoms with Gasteiger partial charge in [-0.15, -0.1) is 0 Å².